The van der Waals surface area contributed by atoms with Crippen LogP contribution < -0.4 is 15.5 Å². The van der Waals surface area contributed by atoms with Crippen LogP contribution in [0, 0.1) is 6.92 Å². The Morgan fingerprint density at radius 1 is 1.17 bits per heavy atom. The first-order valence-electron chi connectivity index (χ1n) is 12.6. The molecule has 0 spiro atoms. The summed E-state index contributed by atoms with van der Waals surface area (Å²) in [5.41, 5.74) is 2.69. The average molecular weight is 489 g/mol. The number of carbonyl (C=O) groups is 1. The summed E-state index contributed by atoms with van der Waals surface area (Å²) >= 11 is 0. The minimum Gasteiger partial charge on any atom is -0.378 e. The van der Waals surface area contributed by atoms with Crippen molar-refractivity contribution >= 4 is 23.5 Å². The standard InChI is InChI=1S/C26H32N8O2/c1-16-27-21(14-22(28-16)33-9-11-36-12-10-33)30-24-19-15-34(26(2,3)23(19)31-32-24)25(35)29-20-13-18(20)17-7-5-4-6-8-17/h4-8,14,18,20H,9-13,15H2,1-3H3,(H,29,35)(H2,27,28,30,31,32)/t18-,20+/m1/s1. The maximum absolute atomic E-state index is 13.3. The van der Waals surface area contributed by atoms with E-state index in [0.717, 1.165) is 36.6 Å². The minimum absolute atomic E-state index is 0.0496. The second kappa shape index (κ2) is 8.77. The highest BCUT2D eigenvalue weighted by molar-refractivity contribution is 5.78. The molecule has 0 bridgehead atoms. The van der Waals surface area contributed by atoms with Crippen molar-refractivity contribution in [1.29, 1.82) is 0 Å². The fourth-order valence-electron chi connectivity index (χ4n) is 5.30. The molecule has 0 radical (unpaired) electrons. The topological polar surface area (TPSA) is 111 Å². The lowest BCUT2D eigenvalue weighted by Gasteiger charge is -2.32. The van der Waals surface area contributed by atoms with Crippen LogP contribution >= 0.6 is 0 Å². The monoisotopic (exact) mass is 488 g/mol. The summed E-state index contributed by atoms with van der Waals surface area (Å²) < 4.78 is 5.47. The second-order valence-electron chi connectivity index (χ2n) is 10.3. The summed E-state index contributed by atoms with van der Waals surface area (Å²) in [6, 6.07) is 12.4. The number of urea groups is 1. The van der Waals surface area contributed by atoms with E-state index < -0.39 is 5.54 Å². The van der Waals surface area contributed by atoms with Crippen molar-refractivity contribution in [2.45, 2.75) is 51.2 Å². The van der Waals surface area contributed by atoms with E-state index in [1.807, 2.05) is 49.9 Å². The number of morpholine rings is 1. The highest BCUT2D eigenvalue weighted by Gasteiger charge is 2.46. The summed E-state index contributed by atoms with van der Waals surface area (Å²) in [7, 11) is 0. The lowest BCUT2D eigenvalue weighted by atomic mass is 10.0. The number of nitrogens with zero attached hydrogens (tertiary/aromatic N) is 5. The number of fused-ring (bicyclic) bond motifs is 1. The zero-order valence-electron chi connectivity index (χ0n) is 20.9. The van der Waals surface area contributed by atoms with Crippen LogP contribution in [0.2, 0.25) is 0 Å². The van der Waals surface area contributed by atoms with E-state index >= 15 is 0 Å². The Morgan fingerprint density at radius 3 is 2.72 bits per heavy atom. The Labute approximate surface area is 210 Å². The van der Waals surface area contributed by atoms with E-state index in [-0.39, 0.29) is 12.1 Å². The van der Waals surface area contributed by atoms with Gasteiger partial charge in [0, 0.05) is 36.7 Å². The quantitative estimate of drug-likeness (QED) is 0.505. The van der Waals surface area contributed by atoms with Crippen molar-refractivity contribution in [1.82, 2.24) is 30.4 Å². The van der Waals surface area contributed by atoms with Gasteiger partial charge in [0.15, 0.2) is 5.82 Å². The number of carbonyl (C=O) groups excluding carboxylic acids is 1. The summed E-state index contributed by atoms with van der Waals surface area (Å²) in [5, 5.41) is 14.3. The zero-order chi connectivity index (χ0) is 24.9. The number of benzene rings is 1. The number of H-pyrrole nitrogens is 1. The van der Waals surface area contributed by atoms with Crippen LogP contribution in [0.3, 0.4) is 0 Å². The molecule has 10 heteroatoms. The highest BCUT2D eigenvalue weighted by atomic mass is 16.5. The van der Waals surface area contributed by atoms with Gasteiger partial charge in [-0.2, -0.15) is 5.10 Å². The van der Waals surface area contributed by atoms with Gasteiger partial charge in [-0.15, -0.1) is 0 Å². The molecule has 2 aliphatic heterocycles. The van der Waals surface area contributed by atoms with E-state index in [1.54, 1.807) is 0 Å². The number of amides is 2. The molecule has 4 heterocycles. The van der Waals surface area contributed by atoms with E-state index in [2.05, 4.69) is 47.8 Å². The van der Waals surface area contributed by atoms with Crippen LogP contribution in [0.1, 0.15) is 48.8 Å². The first-order chi connectivity index (χ1) is 17.4. The Hall–Kier alpha value is -3.66. The number of nitrogens with one attached hydrogen (secondary N) is 3. The third kappa shape index (κ3) is 4.15. The zero-order valence-corrected chi connectivity index (χ0v) is 20.9. The number of aromatic nitrogens is 4. The predicted octanol–water partition coefficient (Wildman–Crippen LogP) is 3.40. The molecule has 1 aliphatic carbocycles. The molecule has 1 saturated carbocycles. The second-order valence-corrected chi connectivity index (χ2v) is 10.3. The lowest BCUT2D eigenvalue weighted by molar-refractivity contribution is 0.122. The number of rotatable bonds is 5. The number of aromatic amines is 1. The molecule has 3 N–H and O–H groups in total. The molecule has 2 fully saturated rings. The molecule has 188 valence electrons. The van der Waals surface area contributed by atoms with Crippen molar-refractivity contribution in [2.75, 3.05) is 36.5 Å². The third-order valence-corrected chi connectivity index (χ3v) is 7.45. The molecule has 1 aromatic carbocycles. The number of hydrogen-bond donors (Lipinski definition) is 3. The molecule has 0 unspecified atom stereocenters. The van der Waals surface area contributed by atoms with Gasteiger partial charge in [0.2, 0.25) is 0 Å². The maximum atomic E-state index is 13.3. The van der Waals surface area contributed by atoms with Gasteiger partial charge in [-0.05, 0) is 32.8 Å². The summed E-state index contributed by atoms with van der Waals surface area (Å²) in [5.74, 6) is 3.32. The molecular weight excluding hydrogens is 456 g/mol. The van der Waals surface area contributed by atoms with Crippen molar-refractivity contribution < 1.29 is 9.53 Å². The molecule has 2 amide bonds. The number of hydrogen-bond acceptors (Lipinski definition) is 7. The highest BCUT2D eigenvalue weighted by Crippen LogP contribution is 2.43. The average Bonchev–Trinajstić information content (AvgIpc) is 3.43. The van der Waals surface area contributed by atoms with Crippen molar-refractivity contribution in [3.05, 3.63) is 59.0 Å². The number of ether oxygens (including phenoxy) is 1. The smallest absolute Gasteiger partial charge is 0.318 e. The largest absolute Gasteiger partial charge is 0.378 e. The molecule has 3 aromatic rings. The first-order valence-corrected chi connectivity index (χ1v) is 12.6. The molecule has 2 atom stereocenters. The van der Waals surface area contributed by atoms with Crippen molar-refractivity contribution in [3.63, 3.8) is 0 Å². The van der Waals surface area contributed by atoms with Gasteiger partial charge in [-0.25, -0.2) is 14.8 Å². The van der Waals surface area contributed by atoms with Gasteiger partial charge in [0.1, 0.15) is 17.5 Å². The van der Waals surface area contributed by atoms with Crippen molar-refractivity contribution in [2.24, 2.45) is 0 Å². The van der Waals surface area contributed by atoms with E-state index in [9.17, 15) is 4.79 Å². The van der Waals surface area contributed by atoms with Gasteiger partial charge in [-0.1, -0.05) is 30.3 Å². The van der Waals surface area contributed by atoms with Crippen LogP contribution in [0.25, 0.3) is 0 Å². The Bertz CT molecular complexity index is 1270. The minimum atomic E-state index is -0.510. The SMILES string of the molecule is Cc1nc(Nc2n[nH]c3c2CN(C(=O)N[C@H]2C[C@@H]2c2ccccc2)C3(C)C)cc(N2CCOCC2)n1. The summed E-state index contributed by atoms with van der Waals surface area (Å²) in [4.78, 5) is 26.6. The molecular formula is C26H32N8O2. The molecule has 3 aliphatic rings. The maximum Gasteiger partial charge on any atom is 0.318 e. The first kappa shape index (κ1) is 22.8. The van der Waals surface area contributed by atoms with Crippen molar-refractivity contribution in [3.8, 4) is 0 Å². The number of aryl methyl sites for hydroxylation is 1. The molecule has 1 saturated heterocycles. The van der Waals surface area contributed by atoms with Gasteiger partial charge >= 0.3 is 6.03 Å². The van der Waals surface area contributed by atoms with E-state index in [0.29, 0.717) is 43.1 Å². The van der Waals surface area contributed by atoms with Gasteiger partial charge in [0.05, 0.1) is 31.0 Å². The van der Waals surface area contributed by atoms with Gasteiger partial charge in [-0.3, -0.25) is 5.10 Å². The van der Waals surface area contributed by atoms with Crippen LogP contribution in [-0.4, -0.2) is 63.4 Å². The van der Waals surface area contributed by atoms with E-state index in [1.165, 1.54) is 5.56 Å². The lowest BCUT2D eigenvalue weighted by Crippen LogP contribution is -2.47. The fourth-order valence-corrected chi connectivity index (χ4v) is 5.30. The fraction of sp³-hybridized carbons (Fsp3) is 0.462. The van der Waals surface area contributed by atoms with Gasteiger partial charge < -0.3 is 25.2 Å². The Morgan fingerprint density at radius 2 is 1.94 bits per heavy atom. The summed E-state index contributed by atoms with van der Waals surface area (Å²) in [6.45, 7) is 9.45. The van der Waals surface area contributed by atoms with E-state index in [4.69, 9.17) is 4.74 Å². The van der Waals surface area contributed by atoms with Crippen LogP contribution in [0.15, 0.2) is 36.4 Å². The van der Waals surface area contributed by atoms with Crippen LogP contribution in [-0.2, 0) is 16.8 Å². The third-order valence-electron chi connectivity index (χ3n) is 7.45. The number of anilines is 3. The Kier molecular flexibility index (Phi) is 5.55. The molecule has 6 rings (SSSR count). The van der Waals surface area contributed by atoms with Gasteiger partial charge in [0.25, 0.3) is 0 Å². The molecule has 10 nitrogen and oxygen atoms in total. The normalized spacial score (nSPS) is 22.3. The van der Waals surface area contributed by atoms with Crippen LogP contribution in [0.5, 0.6) is 0 Å². The molecule has 36 heavy (non-hydrogen) atoms. The molecule has 2 aromatic heterocycles. The van der Waals surface area contributed by atoms with Crippen LogP contribution in [0.4, 0.5) is 22.2 Å². The summed E-state index contributed by atoms with van der Waals surface area (Å²) in [6.07, 6.45) is 0.974. The predicted molar refractivity (Wildman–Crippen MR) is 136 cm³/mol. The Balaban J connectivity index is 1.17.